The highest BCUT2D eigenvalue weighted by Gasteiger charge is 2.17. The summed E-state index contributed by atoms with van der Waals surface area (Å²) in [5.74, 6) is 1.17. The first-order valence-electron chi connectivity index (χ1n) is 23.2. The van der Waals surface area contributed by atoms with Gasteiger partial charge < -0.3 is 9.72 Å². The van der Waals surface area contributed by atoms with E-state index in [1.807, 2.05) is 155 Å². The fourth-order valence-corrected chi connectivity index (χ4v) is 10.3. The van der Waals surface area contributed by atoms with Crippen LogP contribution in [0.1, 0.15) is 11.4 Å². The van der Waals surface area contributed by atoms with E-state index in [4.69, 9.17) is 9.72 Å². The molecule has 0 saturated heterocycles. The Kier molecular flexibility index (Phi) is 9.49. The molecule has 0 aliphatic carbocycles. The maximum absolute atomic E-state index is 11.5. The van der Waals surface area contributed by atoms with E-state index in [-0.39, 0.29) is 5.43 Å². The summed E-state index contributed by atoms with van der Waals surface area (Å²) in [7, 11) is 0. The van der Waals surface area contributed by atoms with Crippen LogP contribution < -0.4 is 10.2 Å². The molecule has 0 bridgehead atoms. The summed E-state index contributed by atoms with van der Waals surface area (Å²) >= 11 is 3.43. The molecule has 1 N–H and O–H groups in total. The normalized spacial score (nSPS) is 11.8. The molecule has 0 atom stereocenters. The monoisotopic (exact) mass is 1010 g/mol. The van der Waals surface area contributed by atoms with E-state index in [2.05, 4.69) is 71.5 Å². The average Bonchev–Trinajstić information content (AvgIpc) is 4.27. The lowest BCUT2D eigenvalue weighted by Gasteiger charge is -2.11. The smallest absolute Gasteiger partial charge is 0.219 e. The standard InChI is InChI=1S/C28H17N7O.C14H9BrN4.C14H9N3O/c1-16-14-23-27-19(26-22(35(23)33-16)5-3-11-30-26)8-9-24(32-27)36-17-6-7-18-20(15-17)28-31-12-13-34(28)21-4-2-10-29-25(18)21;1-8-7-11-14-9(4-5-12(15)17-14)13-10(19(11)18-8)3-2-6-16-13;18-9-3-4-10-11(8-9)14-16-6-7-17(14)12-2-1-5-15-13(10)12/h2-15H,1H3;2-7H,1H3;1-8,15H. The van der Waals surface area contributed by atoms with Crippen molar-refractivity contribution >= 4 is 126 Å². The van der Waals surface area contributed by atoms with Gasteiger partial charge in [0.1, 0.15) is 27.2 Å². The molecule has 14 aromatic heterocycles. The van der Waals surface area contributed by atoms with E-state index in [1.54, 1.807) is 36.9 Å². The molecule has 16 aromatic rings. The number of aromatic nitrogens is 14. The Morgan fingerprint density at radius 3 is 1.73 bits per heavy atom. The van der Waals surface area contributed by atoms with E-state index >= 15 is 0 Å². The summed E-state index contributed by atoms with van der Waals surface area (Å²) in [6.45, 7) is 3.96. The molecule has 16 nitrogen and oxygen atoms in total. The topological polar surface area (TPSA) is 176 Å². The van der Waals surface area contributed by atoms with Crippen LogP contribution >= 0.6 is 15.9 Å². The molecule has 348 valence electrons. The van der Waals surface area contributed by atoms with Gasteiger partial charge in [0.25, 0.3) is 0 Å². The van der Waals surface area contributed by atoms with Crippen molar-refractivity contribution in [2.45, 2.75) is 13.8 Å². The summed E-state index contributed by atoms with van der Waals surface area (Å²) in [5.41, 5.74) is 14.9. The summed E-state index contributed by atoms with van der Waals surface area (Å²) in [5, 5.41) is 15.1. The van der Waals surface area contributed by atoms with Crippen LogP contribution in [0.5, 0.6) is 11.6 Å². The zero-order valence-electron chi connectivity index (χ0n) is 38.7. The van der Waals surface area contributed by atoms with Gasteiger partial charge in [0.05, 0.1) is 72.1 Å². The number of aromatic amines is 1. The first-order valence-corrected chi connectivity index (χ1v) is 24.0. The highest BCUT2D eigenvalue weighted by atomic mass is 79.9. The lowest BCUT2D eigenvalue weighted by molar-refractivity contribution is 0.466. The number of aryl methyl sites for hydroxylation is 2. The minimum atomic E-state index is 0.00248. The van der Waals surface area contributed by atoms with Crippen LogP contribution in [0, 0.1) is 13.8 Å². The Bertz CT molecular complexity index is 5000. The molecule has 0 aliphatic rings. The third-order valence-electron chi connectivity index (χ3n) is 13.1. The third kappa shape index (κ3) is 6.81. The van der Waals surface area contributed by atoms with Crippen molar-refractivity contribution in [2.75, 3.05) is 0 Å². The van der Waals surface area contributed by atoms with E-state index in [0.29, 0.717) is 11.6 Å². The van der Waals surface area contributed by atoms with Crippen LogP contribution in [0.15, 0.2) is 180 Å². The molecule has 0 aliphatic heterocycles. The summed E-state index contributed by atoms with van der Waals surface area (Å²) in [6.07, 6.45) is 14.7. The predicted molar refractivity (Wildman–Crippen MR) is 288 cm³/mol. The number of ether oxygens (including phenoxy) is 1. The van der Waals surface area contributed by atoms with Crippen LogP contribution in [0.2, 0.25) is 0 Å². The number of hydrogen-bond acceptors (Lipinski definition) is 11. The lowest BCUT2D eigenvalue weighted by Crippen LogP contribution is -1.98. The first kappa shape index (κ1) is 42.2. The van der Waals surface area contributed by atoms with Crippen LogP contribution in [0.3, 0.4) is 0 Å². The van der Waals surface area contributed by atoms with Crippen LogP contribution in [-0.4, -0.2) is 67.9 Å². The van der Waals surface area contributed by atoms with Gasteiger partial charge in [-0.25, -0.2) is 29.0 Å². The van der Waals surface area contributed by atoms with Crippen molar-refractivity contribution in [3.05, 3.63) is 197 Å². The van der Waals surface area contributed by atoms with Crippen molar-refractivity contribution in [3.8, 4) is 11.6 Å². The lowest BCUT2D eigenvalue weighted by atomic mass is 10.1. The quantitative estimate of drug-likeness (QED) is 0.129. The van der Waals surface area contributed by atoms with Gasteiger partial charge in [0, 0.05) is 88.0 Å². The van der Waals surface area contributed by atoms with Gasteiger partial charge in [-0.3, -0.25) is 28.5 Å². The minimum Gasteiger partial charge on any atom is -0.439 e. The van der Waals surface area contributed by atoms with Gasteiger partial charge in [0.2, 0.25) is 5.88 Å². The molecule has 14 heterocycles. The summed E-state index contributed by atoms with van der Waals surface area (Å²) in [6, 6.07) is 38.9. The van der Waals surface area contributed by atoms with E-state index in [0.717, 1.165) is 126 Å². The Labute approximate surface area is 419 Å². The highest BCUT2D eigenvalue weighted by molar-refractivity contribution is 9.10. The van der Waals surface area contributed by atoms with Crippen molar-refractivity contribution in [2.24, 2.45) is 0 Å². The second-order valence-corrected chi connectivity index (χ2v) is 18.4. The number of pyridine rings is 10. The van der Waals surface area contributed by atoms with Gasteiger partial charge in [-0.15, -0.1) is 0 Å². The Hall–Kier alpha value is -9.74. The second kappa shape index (κ2) is 16.4. The second-order valence-electron chi connectivity index (χ2n) is 17.5. The molecule has 73 heavy (non-hydrogen) atoms. The van der Waals surface area contributed by atoms with Crippen molar-refractivity contribution in [3.63, 3.8) is 0 Å². The minimum absolute atomic E-state index is 0.00248. The zero-order chi connectivity index (χ0) is 48.9. The number of H-pyrrole nitrogens is 1. The number of nitrogens with one attached hydrogen (secondary N) is 1. The van der Waals surface area contributed by atoms with Gasteiger partial charge in [0.15, 0.2) is 5.43 Å². The maximum Gasteiger partial charge on any atom is 0.219 e. The molecule has 17 heteroatoms. The molecule has 0 spiro atoms. The number of hydrogen-bond donors (Lipinski definition) is 1. The van der Waals surface area contributed by atoms with E-state index in [1.165, 1.54) is 0 Å². The summed E-state index contributed by atoms with van der Waals surface area (Å²) in [4.78, 5) is 46.9. The maximum atomic E-state index is 11.5. The average molecular weight is 1020 g/mol. The first-order chi connectivity index (χ1) is 35.8. The fraction of sp³-hybridized carbons (Fsp3) is 0.0357. The van der Waals surface area contributed by atoms with Gasteiger partial charge in [-0.05, 0) is 145 Å². The SMILES string of the molecule is Cc1cc2c3nc(Br)ccc3c3ncccc3n2n1.Cc1cc2c3nc(Oc4ccc5c(c4)c4nccn4c4cccnc54)ccc3c3ncccc3n2n1.O=c1ccc2c(c1)c1nccn1c1ccc[nH]c21. The van der Waals surface area contributed by atoms with Crippen LogP contribution in [0.4, 0.5) is 0 Å². The number of halogens is 1. The van der Waals surface area contributed by atoms with Crippen molar-refractivity contribution < 1.29 is 4.74 Å². The number of imidazole rings is 2. The summed E-state index contributed by atoms with van der Waals surface area (Å²) < 4.78 is 15.0. The number of benzene rings is 2. The highest BCUT2D eigenvalue weighted by Crippen LogP contribution is 2.35. The predicted octanol–water partition coefficient (Wildman–Crippen LogP) is 11.7. The number of fused-ring (bicyclic) bond motifs is 24. The molecule has 0 unspecified atom stereocenters. The van der Waals surface area contributed by atoms with Gasteiger partial charge in [-0.2, -0.15) is 10.2 Å². The molecular formula is C56H35BrN14O2. The third-order valence-corrected chi connectivity index (χ3v) is 13.5. The van der Waals surface area contributed by atoms with Crippen LogP contribution in [-0.2, 0) is 0 Å². The molecule has 2 aromatic carbocycles. The molecular weight excluding hydrogens is 981 g/mol. The zero-order valence-corrected chi connectivity index (χ0v) is 40.3. The van der Waals surface area contributed by atoms with Crippen molar-refractivity contribution in [1.82, 2.24) is 67.9 Å². The van der Waals surface area contributed by atoms with E-state index < -0.39 is 0 Å². The van der Waals surface area contributed by atoms with Gasteiger partial charge in [-0.1, -0.05) is 0 Å². The molecule has 0 amide bonds. The van der Waals surface area contributed by atoms with E-state index in [9.17, 15) is 4.79 Å². The molecule has 0 fully saturated rings. The largest absolute Gasteiger partial charge is 0.439 e. The fourth-order valence-electron chi connectivity index (χ4n) is 10.0. The van der Waals surface area contributed by atoms with Gasteiger partial charge >= 0.3 is 0 Å². The van der Waals surface area contributed by atoms with Crippen molar-refractivity contribution in [1.29, 1.82) is 0 Å². The Morgan fingerprint density at radius 1 is 0.479 bits per heavy atom. The van der Waals surface area contributed by atoms with Crippen LogP contribution in [0.25, 0.3) is 110 Å². The molecule has 16 rings (SSSR count). The Morgan fingerprint density at radius 2 is 1.04 bits per heavy atom. The number of rotatable bonds is 2. The Balaban J connectivity index is 0.000000112. The molecule has 0 radical (unpaired) electrons. The molecule has 0 saturated carbocycles. The number of nitrogens with zero attached hydrogens (tertiary/aromatic N) is 13.